The normalized spacial score (nSPS) is 16.4. The fourth-order valence-electron chi connectivity index (χ4n) is 2.58. The van der Waals surface area contributed by atoms with Gasteiger partial charge in [-0.05, 0) is 37.5 Å². The van der Waals surface area contributed by atoms with E-state index in [9.17, 15) is 13.2 Å². The summed E-state index contributed by atoms with van der Waals surface area (Å²) in [6.45, 7) is 1.75. The van der Waals surface area contributed by atoms with Crippen LogP contribution in [0.2, 0.25) is 0 Å². The zero-order valence-corrected chi connectivity index (χ0v) is 13.5. The van der Waals surface area contributed by atoms with Gasteiger partial charge in [0.25, 0.3) is 0 Å². The number of amides is 1. The number of rotatable bonds is 4. The molecule has 0 unspecified atom stereocenters. The Bertz CT molecular complexity index is 632. The average molecular weight is 310 g/mol. The summed E-state index contributed by atoms with van der Waals surface area (Å²) in [4.78, 5) is 12.4. The van der Waals surface area contributed by atoms with Crippen LogP contribution in [-0.4, -0.2) is 32.7 Å². The standard InChI is InChI=1S/C15H22N2O3S/c1-11-8-9-13(10-14(11)21(19,20)17(2)3)16-15(18)12-6-4-5-7-12/h8-10,12H,4-7H2,1-3H3,(H,16,18). The van der Waals surface area contributed by atoms with Gasteiger partial charge in [0.2, 0.25) is 15.9 Å². The van der Waals surface area contributed by atoms with Crippen LogP contribution in [0.25, 0.3) is 0 Å². The van der Waals surface area contributed by atoms with Crippen molar-refractivity contribution in [2.75, 3.05) is 19.4 Å². The fraction of sp³-hybridized carbons (Fsp3) is 0.533. The highest BCUT2D eigenvalue weighted by molar-refractivity contribution is 7.89. The summed E-state index contributed by atoms with van der Waals surface area (Å²) in [7, 11) is -0.506. The first-order valence-electron chi connectivity index (χ1n) is 7.16. The molecule has 0 atom stereocenters. The highest BCUT2D eigenvalue weighted by atomic mass is 32.2. The molecule has 1 aromatic carbocycles. The number of carbonyl (C=O) groups is 1. The maximum Gasteiger partial charge on any atom is 0.242 e. The van der Waals surface area contributed by atoms with Gasteiger partial charge in [-0.3, -0.25) is 4.79 Å². The van der Waals surface area contributed by atoms with Crippen LogP contribution in [0.4, 0.5) is 5.69 Å². The SMILES string of the molecule is Cc1ccc(NC(=O)C2CCCC2)cc1S(=O)(=O)N(C)C. The highest BCUT2D eigenvalue weighted by Crippen LogP contribution is 2.27. The lowest BCUT2D eigenvalue weighted by molar-refractivity contribution is -0.119. The summed E-state index contributed by atoms with van der Waals surface area (Å²) >= 11 is 0. The Labute approximate surface area is 126 Å². The number of aryl methyl sites for hydroxylation is 1. The zero-order valence-electron chi connectivity index (χ0n) is 12.7. The number of carbonyl (C=O) groups excluding carboxylic acids is 1. The van der Waals surface area contributed by atoms with E-state index in [1.54, 1.807) is 19.1 Å². The Balaban J connectivity index is 2.24. The summed E-state index contributed by atoms with van der Waals surface area (Å²) in [5.74, 6) is 0.0461. The van der Waals surface area contributed by atoms with E-state index in [4.69, 9.17) is 0 Å². The molecule has 6 heteroatoms. The zero-order chi connectivity index (χ0) is 15.6. The molecule has 1 N–H and O–H groups in total. The highest BCUT2D eigenvalue weighted by Gasteiger charge is 2.24. The number of nitrogens with one attached hydrogen (secondary N) is 1. The van der Waals surface area contributed by atoms with Crippen molar-refractivity contribution in [2.45, 2.75) is 37.5 Å². The van der Waals surface area contributed by atoms with Gasteiger partial charge < -0.3 is 5.32 Å². The number of sulfonamides is 1. The maximum atomic E-state index is 12.3. The van der Waals surface area contributed by atoms with E-state index in [0.717, 1.165) is 25.7 Å². The van der Waals surface area contributed by atoms with Crippen molar-refractivity contribution in [3.8, 4) is 0 Å². The van der Waals surface area contributed by atoms with Crippen molar-refractivity contribution in [1.29, 1.82) is 0 Å². The third kappa shape index (κ3) is 3.44. The predicted molar refractivity (Wildman–Crippen MR) is 82.6 cm³/mol. The van der Waals surface area contributed by atoms with Gasteiger partial charge in [0, 0.05) is 25.7 Å². The smallest absolute Gasteiger partial charge is 0.242 e. The van der Waals surface area contributed by atoms with Crippen LogP contribution in [0.15, 0.2) is 23.1 Å². The molecule has 1 saturated carbocycles. The first-order valence-corrected chi connectivity index (χ1v) is 8.60. The lowest BCUT2D eigenvalue weighted by atomic mass is 10.1. The number of benzene rings is 1. The molecular weight excluding hydrogens is 288 g/mol. The first kappa shape index (κ1) is 16.0. The summed E-state index contributed by atoms with van der Waals surface area (Å²) < 4.78 is 25.7. The summed E-state index contributed by atoms with van der Waals surface area (Å²) in [5, 5.41) is 2.84. The molecule has 0 aromatic heterocycles. The van der Waals surface area contributed by atoms with E-state index < -0.39 is 10.0 Å². The molecule has 0 bridgehead atoms. The first-order chi connectivity index (χ1) is 9.82. The van der Waals surface area contributed by atoms with Crippen molar-refractivity contribution in [1.82, 2.24) is 4.31 Å². The van der Waals surface area contributed by atoms with Gasteiger partial charge >= 0.3 is 0 Å². The van der Waals surface area contributed by atoms with Gasteiger partial charge in [0.15, 0.2) is 0 Å². The molecule has 1 amide bonds. The van der Waals surface area contributed by atoms with E-state index in [-0.39, 0.29) is 16.7 Å². The van der Waals surface area contributed by atoms with E-state index in [1.807, 2.05) is 0 Å². The molecule has 2 rings (SSSR count). The van der Waals surface area contributed by atoms with Crippen molar-refractivity contribution in [3.63, 3.8) is 0 Å². The third-order valence-electron chi connectivity index (χ3n) is 3.94. The van der Waals surface area contributed by atoms with E-state index in [1.165, 1.54) is 24.5 Å². The molecule has 1 fully saturated rings. The number of hydrogen-bond donors (Lipinski definition) is 1. The molecular formula is C15H22N2O3S. The summed E-state index contributed by atoms with van der Waals surface area (Å²) in [5.41, 5.74) is 1.21. The minimum Gasteiger partial charge on any atom is -0.326 e. The Morgan fingerprint density at radius 3 is 2.43 bits per heavy atom. The van der Waals surface area contributed by atoms with Crippen molar-refractivity contribution < 1.29 is 13.2 Å². The van der Waals surface area contributed by atoms with Crippen molar-refractivity contribution in [2.24, 2.45) is 5.92 Å². The average Bonchev–Trinajstić information content (AvgIpc) is 2.94. The van der Waals surface area contributed by atoms with Crippen LogP contribution >= 0.6 is 0 Å². The van der Waals surface area contributed by atoms with E-state index in [0.29, 0.717) is 11.3 Å². The second-order valence-electron chi connectivity index (χ2n) is 5.74. The number of anilines is 1. The molecule has 0 saturated heterocycles. The monoisotopic (exact) mass is 310 g/mol. The van der Waals surface area contributed by atoms with Crippen LogP contribution in [0.3, 0.4) is 0 Å². The van der Waals surface area contributed by atoms with Crippen LogP contribution in [0, 0.1) is 12.8 Å². The van der Waals surface area contributed by atoms with Crippen LogP contribution in [0.5, 0.6) is 0 Å². The van der Waals surface area contributed by atoms with Crippen LogP contribution in [-0.2, 0) is 14.8 Å². The molecule has 0 aliphatic heterocycles. The molecule has 21 heavy (non-hydrogen) atoms. The maximum absolute atomic E-state index is 12.3. The molecule has 116 valence electrons. The summed E-state index contributed by atoms with van der Waals surface area (Å²) in [6, 6.07) is 5.01. The second-order valence-corrected chi connectivity index (χ2v) is 7.86. The molecule has 1 aliphatic rings. The molecule has 5 nitrogen and oxygen atoms in total. The quantitative estimate of drug-likeness (QED) is 0.928. The third-order valence-corrected chi connectivity index (χ3v) is 5.90. The van der Waals surface area contributed by atoms with Crippen molar-refractivity contribution >= 4 is 21.6 Å². The van der Waals surface area contributed by atoms with Crippen LogP contribution in [0.1, 0.15) is 31.2 Å². The van der Waals surface area contributed by atoms with Crippen LogP contribution < -0.4 is 5.32 Å². The predicted octanol–water partition coefficient (Wildman–Crippen LogP) is 2.37. The Morgan fingerprint density at radius 1 is 1.24 bits per heavy atom. The minimum atomic E-state index is -3.50. The largest absolute Gasteiger partial charge is 0.326 e. The Morgan fingerprint density at radius 2 is 1.86 bits per heavy atom. The molecule has 0 radical (unpaired) electrons. The molecule has 0 spiro atoms. The summed E-state index contributed by atoms with van der Waals surface area (Å²) in [6.07, 6.45) is 4.01. The van der Waals surface area contributed by atoms with Gasteiger partial charge in [0.1, 0.15) is 0 Å². The van der Waals surface area contributed by atoms with Gasteiger partial charge in [-0.25, -0.2) is 12.7 Å². The molecule has 1 aromatic rings. The van der Waals surface area contributed by atoms with Gasteiger partial charge in [0.05, 0.1) is 4.90 Å². The lowest BCUT2D eigenvalue weighted by Crippen LogP contribution is -2.24. The van der Waals surface area contributed by atoms with Gasteiger partial charge in [-0.1, -0.05) is 18.9 Å². The minimum absolute atomic E-state index is 0.00967. The fourth-order valence-corrected chi connectivity index (χ4v) is 3.73. The molecule has 1 aliphatic carbocycles. The lowest BCUT2D eigenvalue weighted by Gasteiger charge is -2.16. The second kappa shape index (κ2) is 6.15. The van der Waals surface area contributed by atoms with Gasteiger partial charge in [-0.15, -0.1) is 0 Å². The Hall–Kier alpha value is -1.40. The van der Waals surface area contributed by atoms with E-state index in [2.05, 4.69) is 5.32 Å². The molecule has 0 heterocycles. The number of hydrogen-bond acceptors (Lipinski definition) is 3. The van der Waals surface area contributed by atoms with E-state index >= 15 is 0 Å². The van der Waals surface area contributed by atoms with Gasteiger partial charge in [-0.2, -0.15) is 0 Å². The topological polar surface area (TPSA) is 66.5 Å². The number of nitrogens with zero attached hydrogens (tertiary/aromatic N) is 1. The van der Waals surface area contributed by atoms with Crippen molar-refractivity contribution in [3.05, 3.63) is 23.8 Å². The Kier molecular flexibility index (Phi) is 4.68.